The summed E-state index contributed by atoms with van der Waals surface area (Å²) in [7, 11) is 2.15. The van der Waals surface area contributed by atoms with E-state index in [1.807, 2.05) is 13.8 Å². The van der Waals surface area contributed by atoms with E-state index in [2.05, 4.69) is 35.5 Å². The number of benzene rings is 1. The molecule has 1 saturated heterocycles. The van der Waals surface area contributed by atoms with Crippen molar-refractivity contribution in [3.05, 3.63) is 23.8 Å². The van der Waals surface area contributed by atoms with Crippen molar-refractivity contribution in [2.75, 3.05) is 25.6 Å². The average Bonchev–Trinajstić information content (AvgIpc) is 3.15. The van der Waals surface area contributed by atoms with Crippen molar-refractivity contribution >= 4 is 11.5 Å². The van der Waals surface area contributed by atoms with Gasteiger partial charge in [-0.15, -0.1) is 0 Å². The Kier molecular flexibility index (Phi) is 5.35. The Morgan fingerprint density at radius 3 is 2.87 bits per heavy atom. The van der Waals surface area contributed by atoms with Crippen LogP contribution in [-0.2, 0) is 10.2 Å². The van der Waals surface area contributed by atoms with Gasteiger partial charge in [0, 0.05) is 24.3 Å². The van der Waals surface area contributed by atoms with Crippen LogP contribution in [0.1, 0.15) is 52.5 Å². The lowest BCUT2D eigenvalue weighted by atomic mass is 9.66. The Hall–Kier alpha value is -1.55. The van der Waals surface area contributed by atoms with Crippen LogP contribution in [0.5, 0.6) is 5.75 Å². The normalized spacial score (nSPS) is 28.5. The lowest BCUT2D eigenvalue weighted by molar-refractivity contribution is -0.122. The number of ether oxygens (including phenoxy) is 1. The number of likely N-dealkylation sites (tertiary alicyclic amines) is 1. The molecule has 1 aliphatic carbocycles. The van der Waals surface area contributed by atoms with Gasteiger partial charge in [0.15, 0.2) is 6.73 Å². The van der Waals surface area contributed by atoms with E-state index in [0.717, 1.165) is 37.2 Å². The Balaban J connectivity index is 0.000000617. The van der Waals surface area contributed by atoms with Gasteiger partial charge in [-0.3, -0.25) is 4.79 Å². The van der Waals surface area contributed by atoms with Crippen LogP contribution in [-0.4, -0.2) is 37.0 Å². The van der Waals surface area contributed by atoms with Gasteiger partial charge in [-0.25, -0.2) is 0 Å². The second kappa shape index (κ2) is 6.91. The summed E-state index contributed by atoms with van der Waals surface area (Å²) in [4.78, 5) is 14.2. The predicted octanol–water partition coefficient (Wildman–Crippen LogP) is 3.81. The number of fused-ring (bicyclic) bond motifs is 2. The van der Waals surface area contributed by atoms with E-state index >= 15 is 0 Å². The lowest BCUT2D eigenvalue weighted by Crippen LogP contribution is -2.46. The molecule has 1 saturated carbocycles. The molecule has 1 aromatic carbocycles. The number of carbonyl (C=O) groups is 1. The van der Waals surface area contributed by atoms with E-state index < -0.39 is 0 Å². The topological polar surface area (TPSA) is 41.6 Å². The Labute approximate surface area is 140 Å². The average molecular weight is 318 g/mol. The van der Waals surface area contributed by atoms with Gasteiger partial charge in [0.1, 0.15) is 11.5 Å². The number of anilines is 1. The lowest BCUT2D eigenvalue weighted by Gasteiger charge is -2.41. The molecule has 4 rings (SSSR count). The molecule has 2 heterocycles. The van der Waals surface area contributed by atoms with E-state index in [1.165, 1.54) is 5.56 Å². The summed E-state index contributed by atoms with van der Waals surface area (Å²) in [6.07, 6.45) is 3.55. The molecule has 0 aromatic heterocycles. The first kappa shape index (κ1) is 17.8. The van der Waals surface area contributed by atoms with E-state index in [0.29, 0.717) is 25.0 Å². The molecule has 1 unspecified atom stereocenters. The van der Waals surface area contributed by atoms with Crippen molar-refractivity contribution in [3.8, 4) is 5.75 Å². The maximum absolute atomic E-state index is 11.9. The molecular formula is C19H30N2O2. The van der Waals surface area contributed by atoms with Crippen LogP contribution in [0.15, 0.2) is 18.2 Å². The zero-order valence-electron chi connectivity index (χ0n) is 13.8. The summed E-state index contributed by atoms with van der Waals surface area (Å²) in [6.45, 7) is 5.64. The molecule has 3 aliphatic rings. The van der Waals surface area contributed by atoms with E-state index in [4.69, 9.17) is 4.74 Å². The highest BCUT2D eigenvalue weighted by molar-refractivity contribution is 5.81. The molecule has 128 valence electrons. The quantitative estimate of drug-likeness (QED) is 0.855. The highest BCUT2D eigenvalue weighted by Gasteiger charge is 2.50. The fraction of sp³-hybridized carbons (Fsp3) is 0.632. The standard InChI is InChI=1S/C16H20N2O2.C2H6.CH4/c1-18-7-6-16(5-4-12(19)9-15(16)18)11-2-3-13-14(8-11)20-10-17-13;1-2;/h2-3,8,15,17H,4-7,9-10H2,1H3;1-2H3;1H4/t15?,16-;;/m0../s1. The van der Waals surface area contributed by atoms with Crippen LogP contribution >= 0.6 is 0 Å². The molecule has 4 nitrogen and oxygen atoms in total. The van der Waals surface area contributed by atoms with Crippen LogP contribution < -0.4 is 10.1 Å². The van der Waals surface area contributed by atoms with E-state index in [9.17, 15) is 4.79 Å². The third kappa shape index (κ3) is 2.85. The zero-order chi connectivity index (χ0) is 15.7. The van der Waals surface area contributed by atoms with Crippen LogP contribution in [0.25, 0.3) is 0 Å². The van der Waals surface area contributed by atoms with Crippen molar-refractivity contribution in [1.29, 1.82) is 0 Å². The third-order valence-electron chi connectivity index (χ3n) is 5.40. The number of rotatable bonds is 1. The van der Waals surface area contributed by atoms with Crippen LogP contribution in [0.4, 0.5) is 5.69 Å². The summed E-state index contributed by atoms with van der Waals surface area (Å²) in [5.74, 6) is 1.38. The molecule has 2 atom stereocenters. The maximum Gasteiger partial charge on any atom is 0.159 e. The molecule has 1 N–H and O–H groups in total. The number of Topliss-reactive ketones (excluding diaryl/α,β-unsaturated/α-hetero) is 1. The van der Waals surface area contributed by atoms with Gasteiger partial charge in [0.05, 0.1) is 5.69 Å². The predicted molar refractivity (Wildman–Crippen MR) is 95.2 cm³/mol. The first-order chi connectivity index (χ1) is 10.7. The molecule has 1 aromatic rings. The molecule has 2 aliphatic heterocycles. The van der Waals surface area contributed by atoms with Gasteiger partial charge < -0.3 is 15.0 Å². The van der Waals surface area contributed by atoms with Crippen molar-refractivity contribution < 1.29 is 9.53 Å². The van der Waals surface area contributed by atoms with Crippen molar-refractivity contribution in [3.63, 3.8) is 0 Å². The molecule has 23 heavy (non-hydrogen) atoms. The Morgan fingerprint density at radius 1 is 1.30 bits per heavy atom. The summed E-state index contributed by atoms with van der Waals surface area (Å²) < 4.78 is 5.63. The Bertz CT molecular complexity index is 572. The highest BCUT2D eigenvalue weighted by atomic mass is 16.5. The smallest absolute Gasteiger partial charge is 0.159 e. The summed E-state index contributed by atoms with van der Waals surface area (Å²) >= 11 is 0. The minimum atomic E-state index is 0. The fourth-order valence-corrected chi connectivity index (χ4v) is 4.21. The number of hydrogen-bond acceptors (Lipinski definition) is 4. The number of ketones is 1. The minimum Gasteiger partial charge on any atom is -0.471 e. The van der Waals surface area contributed by atoms with Crippen LogP contribution in [0.2, 0.25) is 0 Å². The number of nitrogens with one attached hydrogen (secondary N) is 1. The molecule has 4 heteroatoms. The molecule has 0 amide bonds. The van der Waals surface area contributed by atoms with Gasteiger partial charge in [0.2, 0.25) is 0 Å². The minimum absolute atomic E-state index is 0. The molecule has 0 bridgehead atoms. The third-order valence-corrected chi connectivity index (χ3v) is 5.40. The summed E-state index contributed by atoms with van der Waals surface area (Å²) in [5, 5.41) is 3.22. The first-order valence-electron chi connectivity index (χ1n) is 8.42. The highest BCUT2D eigenvalue weighted by Crippen LogP contribution is 2.49. The van der Waals surface area contributed by atoms with Gasteiger partial charge in [-0.1, -0.05) is 27.3 Å². The van der Waals surface area contributed by atoms with Crippen molar-refractivity contribution in [1.82, 2.24) is 4.90 Å². The number of hydrogen-bond donors (Lipinski definition) is 1. The Morgan fingerprint density at radius 2 is 2.09 bits per heavy atom. The van der Waals surface area contributed by atoms with Crippen LogP contribution in [0, 0.1) is 0 Å². The van der Waals surface area contributed by atoms with Crippen molar-refractivity contribution in [2.24, 2.45) is 0 Å². The first-order valence-corrected chi connectivity index (χ1v) is 8.42. The van der Waals surface area contributed by atoms with E-state index in [-0.39, 0.29) is 12.8 Å². The molecule has 2 fully saturated rings. The number of carbonyl (C=O) groups excluding carboxylic acids is 1. The maximum atomic E-state index is 11.9. The van der Waals surface area contributed by atoms with Gasteiger partial charge in [0.25, 0.3) is 0 Å². The van der Waals surface area contributed by atoms with Crippen molar-refractivity contribution in [2.45, 2.75) is 58.4 Å². The number of nitrogens with zero attached hydrogens (tertiary/aromatic N) is 1. The van der Waals surface area contributed by atoms with Gasteiger partial charge in [-0.2, -0.15) is 0 Å². The second-order valence-electron chi connectivity index (χ2n) is 6.32. The van der Waals surface area contributed by atoms with E-state index in [1.54, 1.807) is 0 Å². The molecular weight excluding hydrogens is 288 g/mol. The summed E-state index contributed by atoms with van der Waals surface area (Å²) in [6, 6.07) is 6.90. The largest absolute Gasteiger partial charge is 0.471 e. The number of likely N-dealkylation sites (N-methyl/N-ethyl adjacent to an activating group) is 1. The zero-order valence-corrected chi connectivity index (χ0v) is 13.8. The molecule has 0 spiro atoms. The van der Waals surface area contributed by atoms with Crippen LogP contribution in [0.3, 0.4) is 0 Å². The van der Waals surface area contributed by atoms with Gasteiger partial charge in [-0.05, 0) is 44.1 Å². The SMILES string of the molecule is C.CC.CN1CC[C@]2(c3ccc4c(c3)OCN4)CCC(=O)CC12. The molecule has 0 radical (unpaired) electrons. The van der Waals surface area contributed by atoms with Gasteiger partial charge >= 0.3 is 0 Å². The monoisotopic (exact) mass is 318 g/mol. The second-order valence-corrected chi connectivity index (χ2v) is 6.32. The fourth-order valence-electron chi connectivity index (χ4n) is 4.21. The summed E-state index contributed by atoms with van der Waals surface area (Å²) in [5.41, 5.74) is 2.57.